The fraction of sp³-hybridized carbons (Fsp3) is 0.0952. The van der Waals surface area contributed by atoms with Gasteiger partial charge in [-0.05, 0) is 99.6 Å². The molecule has 0 saturated carbocycles. The first-order valence-corrected chi connectivity index (χ1v) is 17.5. The summed E-state index contributed by atoms with van der Waals surface area (Å²) in [5, 5.41) is 5.65. The highest BCUT2D eigenvalue weighted by Crippen LogP contribution is 2.58. The van der Waals surface area contributed by atoms with Gasteiger partial charge >= 0.3 is 0 Å². The summed E-state index contributed by atoms with van der Waals surface area (Å²) in [4.78, 5) is 0.234. The lowest BCUT2D eigenvalue weighted by Crippen LogP contribution is -2.13. The highest BCUT2D eigenvalue weighted by atomic mass is 32.2. The van der Waals surface area contributed by atoms with Crippen molar-refractivity contribution in [2.24, 2.45) is 0 Å². The second kappa shape index (κ2) is 10.6. The number of benzene rings is 7. The Hall–Kier alpha value is -5.79. The largest absolute Gasteiger partial charge is 0.497 e. The van der Waals surface area contributed by atoms with Crippen LogP contribution in [0.15, 0.2) is 120 Å². The van der Waals surface area contributed by atoms with Crippen LogP contribution in [0.1, 0.15) is 5.56 Å². The van der Waals surface area contributed by atoms with E-state index in [9.17, 15) is 8.42 Å². The molecule has 0 spiro atoms. The van der Waals surface area contributed by atoms with Gasteiger partial charge in [0, 0.05) is 21.5 Å². The van der Waals surface area contributed by atoms with Crippen LogP contribution in [0.4, 0.5) is 0 Å². The minimum atomic E-state index is -4.06. The van der Waals surface area contributed by atoms with Crippen LogP contribution in [0, 0.1) is 6.92 Å². The van der Waals surface area contributed by atoms with Gasteiger partial charge in [0.2, 0.25) is 0 Å². The predicted octanol–water partition coefficient (Wildman–Crippen LogP) is 9.99. The third-order valence-electron chi connectivity index (χ3n) is 9.90. The zero-order valence-corrected chi connectivity index (χ0v) is 28.2. The fourth-order valence-corrected chi connectivity index (χ4v) is 9.24. The molecule has 7 aromatic carbocycles. The molecule has 9 rings (SSSR count). The smallest absolute Gasteiger partial charge is 0.268 e. The Morgan fingerprint density at radius 2 is 1.16 bits per heavy atom. The maximum atomic E-state index is 15.0. The Kier molecular flexibility index (Phi) is 6.35. The normalized spacial score (nSPS) is 12.2. The first-order chi connectivity index (χ1) is 23.8. The number of fused-ring (bicyclic) bond motifs is 9. The van der Waals surface area contributed by atoms with Gasteiger partial charge in [-0.3, -0.25) is 0 Å². The maximum Gasteiger partial charge on any atom is 0.268 e. The summed E-state index contributed by atoms with van der Waals surface area (Å²) >= 11 is 0. The Morgan fingerprint density at radius 1 is 0.551 bits per heavy atom. The van der Waals surface area contributed by atoms with Gasteiger partial charge in [-0.15, -0.1) is 0 Å². The quantitative estimate of drug-likeness (QED) is 0.166. The van der Waals surface area contributed by atoms with Crippen molar-refractivity contribution in [2.75, 3.05) is 21.3 Å². The van der Waals surface area contributed by atoms with Gasteiger partial charge in [0.15, 0.2) is 11.5 Å². The van der Waals surface area contributed by atoms with Crippen molar-refractivity contribution in [2.45, 2.75) is 11.8 Å². The van der Waals surface area contributed by atoms with Crippen LogP contribution in [0.2, 0.25) is 0 Å². The summed E-state index contributed by atoms with van der Waals surface area (Å²) in [6.07, 6.45) is 0. The summed E-state index contributed by atoms with van der Waals surface area (Å²) in [7, 11) is 0.886. The Morgan fingerprint density at radius 3 is 1.82 bits per heavy atom. The minimum absolute atomic E-state index is 0.234. The van der Waals surface area contributed by atoms with Gasteiger partial charge in [-0.1, -0.05) is 72.3 Å². The molecule has 7 heteroatoms. The molecule has 1 aliphatic carbocycles. The van der Waals surface area contributed by atoms with Gasteiger partial charge in [0.25, 0.3) is 10.0 Å². The standard InChI is InChI=1S/C42H31NO5S/c1-24-13-19-27(20-14-24)49(44,45)43-35-12-8-7-9-28(35)34-21-32-31-22-36(47-3)37(48-4)23-33(31)39-30-11-6-5-10-29(30)38(41(40(32)39)42(34)43)25-15-17-26(46-2)18-16-25/h5-23H,1-4H3. The lowest BCUT2D eigenvalue weighted by molar-refractivity contribution is 0.355. The van der Waals surface area contributed by atoms with E-state index in [2.05, 4.69) is 36.4 Å². The molecule has 0 radical (unpaired) electrons. The molecule has 0 bridgehead atoms. The number of ether oxygens (including phenoxy) is 3. The van der Waals surface area contributed by atoms with Crippen molar-refractivity contribution >= 4 is 53.4 Å². The highest BCUT2D eigenvalue weighted by Gasteiger charge is 2.33. The number of rotatable bonds is 6. The van der Waals surface area contributed by atoms with Crippen molar-refractivity contribution in [3.05, 3.63) is 121 Å². The van der Waals surface area contributed by atoms with Crippen LogP contribution in [0.5, 0.6) is 17.2 Å². The summed E-state index contributed by atoms with van der Waals surface area (Å²) in [5.41, 5.74) is 8.25. The average Bonchev–Trinajstić information content (AvgIpc) is 3.65. The van der Waals surface area contributed by atoms with Crippen molar-refractivity contribution in [3.8, 4) is 50.6 Å². The van der Waals surface area contributed by atoms with Crippen LogP contribution in [-0.2, 0) is 10.0 Å². The third kappa shape index (κ3) is 4.03. The molecule has 6 nitrogen and oxygen atoms in total. The SMILES string of the molecule is COc1ccc(-c2c3ccccc3c3c4c(cc5c6ccccc6n(S(=O)(=O)c6ccc(C)cc6)c5c24)-c2cc(OC)c(OC)cc2-3)cc1. The van der Waals surface area contributed by atoms with Gasteiger partial charge in [-0.2, -0.15) is 0 Å². The van der Waals surface area contributed by atoms with E-state index in [-0.39, 0.29) is 4.90 Å². The Bertz CT molecular complexity index is 2780. The number of hydrogen-bond donors (Lipinski definition) is 0. The molecule has 49 heavy (non-hydrogen) atoms. The first kappa shape index (κ1) is 29.4. The molecule has 0 N–H and O–H groups in total. The number of hydrogen-bond acceptors (Lipinski definition) is 5. The van der Waals surface area contributed by atoms with E-state index in [0.29, 0.717) is 22.5 Å². The van der Waals surface area contributed by atoms with E-state index >= 15 is 0 Å². The summed E-state index contributed by atoms with van der Waals surface area (Å²) in [6.45, 7) is 1.96. The fourth-order valence-electron chi connectivity index (χ4n) is 7.70. The van der Waals surface area contributed by atoms with E-state index in [0.717, 1.165) is 77.0 Å². The van der Waals surface area contributed by atoms with E-state index in [1.807, 2.05) is 73.7 Å². The lowest BCUT2D eigenvalue weighted by Gasteiger charge is -2.18. The molecule has 0 unspecified atom stereocenters. The molecule has 0 amide bonds. The Labute approximate surface area is 283 Å². The molecule has 1 aromatic heterocycles. The first-order valence-electron chi connectivity index (χ1n) is 16.0. The molecular weight excluding hydrogens is 631 g/mol. The topological polar surface area (TPSA) is 66.8 Å². The average molecular weight is 662 g/mol. The second-order valence-electron chi connectivity index (χ2n) is 12.4. The van der Waals surface area contributed by atoms with Gasteiger partial charge < -0.3 is 14.2 Å². The number of methoxy groups -OCH3 is 3. The monoisotopic (exact) mass is 661 g/mol. The van der Waals surface area contributed by atoms with Gasteiger partial charge in [0.1, 0.15) is 5.75 Å². The molecule has 1 heterocycles. The summed E-state index contributed by atoms with van der Waals surface area (Å²) in [5.74, 6) is 2.00. The van der Waals surface area contributed by atoms with Crippen LogP contribution in [0.25, 0.3) is 76.7 Å². The number of para-hydroxylation sites is 1. The van der Waals surface area contributed by atoms with Crippen molar-refractivity contribution in [1.82, 2.24) is 3.97 Å². The lowest BCUT2D eigenvalue weighted by atomic mass is 9.87. The molecule has 1 aliphatic rings. The van der Waals surface area contributed by atoms with Crippen LogP contribution in [-0.4, -0.2) is 33.7 Å². The third-order valence-corrected chi connectivity index (χ3v) is 11.6. The summed E-state index contributed by atoms with van der Waals surface area (Å²) in [6, 6.07) is 37.5. The second-order valence-corrected chi connectivity index (χ2v) is 14.2. The predicted molar refractivity (Wildman–Crippen MR) is 198 cm³/mol. The van der Waals surface area contributed by atoms with E-state index < -0.39 is 10.0 Å². The molecule has 8 aromatic rings. The molecule has 0 fully saturated rings. The molecule has 240 valence electrons. The minimum Gasteiger partial charge on any atom is -0.497 e. The van der Waals surface area contributed by atoms with Gasteiger partial charge in [-0.25, -0.2) is 12.4 Å². The van der Waals surface area contributed by atoms with Crippen LogP contribution >= 0.6 is 0 Å². The maximum absolute atomic E-state index is 15.0. The molecule has 0 aliphatic heterocycles. The molecule has 0 saturated heterocycles. The van der Waals surface area contributed by atoms with Crippen LogP contribution in [0.3, 0.4) is 0 Å². The van der Waals surface area contributed by atoms with Gasteiger partial charge in [0.05, 0.1) is 37.3 Å². The van der Waals surface area contributed by atoms with E-state index in [1.165, 1.54) is 0 Å². The van der Waals surface area contributed by atoms with Crippen molar-refractivity contribution in [3.63, 3.8) is 0 Å². The highest BCUT2D eigenvalue weighted by molar-refractivity contribution is 7.90. The Balaban J connectivity index is 1.58. The molecular formula is C42H31NO5S. The van der Waals surface area contributed by atoms with E-state index in [1.54, 1.807) is 37.4 Å². The van der Waals surface area contributed by atoms with Crippen molar-refractivity contribution in [1.29, 1.82) is 0 Å². The number of aryl methyl sites for hydroxylation is 1. The zero-order chi connectivity index (χ0) is 33.6. The van der Waals surface area contributed by atoms with E-state index in [4.69, 9.17) is 14.2 Å². The van der Waals surface area contributed by atoms with Crippen molar-refractivity contribution < 1.29 is 22.6 Å². The van der Waals surface area contributed by atoms with Crippen LogP contribution < -0.4 is 14.2 Å². The molecule has 0 atom stereocenters. The zero-order valence-electron chi connectivity index (χ0n) is 27.4. The summed E-state index contributed by atoms with van der Waals surface area (Å²) < 4.78 is 48.6. The number of aromatic nitrogens is 1. The number of nitrogens with zero attached hydrogens (tertiary/aromatic N) is 1.